The van der Waals surface area contributed by atoms with Crippen molar-refractivity contribution in [1.29, 1.82) is 0 Å². The lowest BCUT2D eigenvalue weighted by molar-refractivity contribution is 0.226. The molecule has 3 saturated carbocycles. The van der Waals surface area contributed by atoms with E-state index in [0.29, 0.717) is 26.7 Å². The molecule has 0 unspecified atom stereocenters. The van der Waals surface area contributed by atoms with E-state index in [9.17, 15) is 0 Å². The topological polar surface area (TPSA) is 0 Å². The van der Waals surface area contributed by atoms with Crippen LogP contribution in [0.15, 0.2) is 10.1 Å². The van der Waals surface area contributed by atoms with Gasteiger partial charge in [0.1, 0.15) is 9.75 Å². The van der Waals surface area contributed by atoms with E-state index < -0.39 is 14.1 Å². The largest absolute Gasteiger partial charge is 0.166 e. The molecule has 3 fully saturated rings. The Labute approximate surface area is 150 Å². The molecule has 0 radical (unpaired) electrons. The maximum absolute atomic E-state index is 6.84. The summed E-state index contributed by atoms with van der Waals surface area (Å²) in [5.41, 5.74) is 0. The van der Waals surface area contributed by atoms with Crippen molar-refractivity contribution in [2.45, 2.75) is 31.8 Å². The Hall–Kier alpha value is 1.96. The zero-order valence-corrected chi connectivity index (χ0v) is 15.6. The second-order valence-electron chi connectivity index (χ2n) is 6.09. The van der Waals surface area contributed by atoms with Crippen LogP contribution in [0.1, 0.15) is 12.8 Å². The summed E-state index contributed by atoms with van der Waals surface area (Å²) in [5, 5.41) is 0.681. The smallest absolute Gasteiger partial charge is 0.109 e. The van der Waals surface area contributed by atoms with E-state index in [1.54, 1.807) is 0 Å². The first kappa shape index (κ1) is 14.5. The molecular formula is C12H9BrCl6. The van der Waals surface area contributed by atoms with Crippen molar-refractivity contribution in [2.75, 3.05) is 0 Å². The minimum Gasteiger partial charge on any atom is -0.109 e. The van der Waals surface area contributed by atoms with Crippen molar-refractivity contribution in [2.24, 2.45) is 23.7 Å². The molecule has 4 aliphatic carbocycles. The molecule has 106 valence electrons. The first-order valence-electron chi connectivity index (χ1n) is 6.15. The molecule has 0 nitrogen and oxygen atoms in total. The fourth-order valence-corrected chi connectivity index (χ4v) is 9.14. The van der Waals surface area contributed by atoms with Crippen LogP contribution in [0.5, 0.6) is 0 Å². The Kier molecular flexibility index (Phi) is 2.98. The van der Waals surface area contributed by atoms with Crippen LogP contribution in [0.3, 0.4) is 0 Å². The SMILES string of the molecule is ClC1=C(Cl)[C@@]2(Cl)[C@@H]3[C@H]4C[C@@H](C[C@H]4Br)[C@H]3[C@@]1(Cl)C2(Cl)Cl. The third-order valence-corrected chi connectivity index (χ3v) is 10.9. The van der Waals surface area contributed by atoms with Gasteiger partial charge in [0.25, 0.3) is 0 Å². The Bertz CT molecular complexity index is 518. The van der Waals surface area contributed by atoms with E-state index in [1.165, 1.54) is 0 Å². The summed E-state index contributed by atoms with van der Waals surface area (Å²) >= 11 is 43.3. The van der Waals surface area contributed by atoms with Gasteiger partial charge in [-0.1, -0.05) is 62.3 Å². The number of alkyl halides is 5. The van der Waals surface area contributed by atoms with E-state index >= 15 is 0 Å². The second kappa shape index (κ2) is 3.89. The summed E-state index contributed by atoms with van der Waals surface area (Å²) in [6.45, 7) is 0. The molecule has 0 aromatic heterocycles. The zero-order chi connectivity index (χ0) is 14.0. The quantitative estimate of drug-likeness (QED) is 0.323. The van der Waals surface area contributed by atoms with Crippen molar-refractivity contribution in [1.82, 2.24) is 0 Å². The molecule has 7 atom stereocenters. The standard InChI is InChI=1S/C12H9BrCl6/c13-5-2-3-1-4(5)7-6(3)10(16)8(14)9(15)11(7,17)12(10,18)19/h3-7H,1-2H2/t3-,4-,5+,6+,7+,10-,11-/m0/s1. The molecule has 7 heteroatoms. The molecule has 0 N–H and O–H groups in total. The predicted molar refractivity (Wildman–Crippen MR) is 86.2 cm³/mol. The summed E-state index contributed by atoms with van der Waals surface area (Å²) in [7, 11) is 0. The fraction of sp³-hybridized carbons (Fsp3) is 0.833. The third kappa shape index (κ3) is 1.24. The van der Waals surface area contributed by atoms with Gasteiger partial charge >= 0.3 is 0 Å². The zero-order valence-electron chi connectivity index (χ0n) is 9.45. The highest BCUT2D eigenvalue weighted by Gasteiger charge is 2.86. The fourth-order valence-electron chi connectivity index (χ4n) is 4.97. The molecule has 19 heavy (non-hydrogen) atoms. The predicted octanol–water partition coefficient (Wildman–Crippen LogP) is 5.87. The van der Waals surface area contributed by atoms with Crippen molar-refractivity contribution >= 4 is 85.5 Å². The summed E-state index contributed by atoms with van der Waals surface area (Å²) in [6, 6.07) is 0. The molecular weight excluding hydrogens is 437 g/mol. The highest BCUT2D eigenvalue weighted by molar-refractivity contribution is 9.09. The lowest BCUT2D eigenvalue weighted by Gasteiger charge is -2.41. The van der Waals surface area contributed by atoms with Gasteiger partial charge in [0, 0.05) is 4.83 Å². The van der Waals surface area contributed by atoms with Crippen LogP contribution in [0.2, 0.25) is 0 Å². The highest BCUT2D eigenvalue weighted by atomic mass is 79.9. The highest BCUT2D eigenvalue weighted by Crippen LogP contribution is 2.82. The van der Waals surface area contributed by atoms with Crippen LogP contribution < -0.4 is 0 Å². The molecule has 0 saturated heterocycles. The minimum absolute atomic E-state index is 0.0831. The van der Waals surface area contributed by atoms with E-state index in [-0.39, 0.29) is 11.8 Å². The van der Waals surface area contributed by atoms with Gasteiger partial charge < -0.3 is 0 Å². The normalized spacial score (nSPS) is 61.1. The summed E-state index contributed by atoms with van der Waals surface area (Å²) in [6.07, 6.45) is 2.16. The van der Waals surface area contributed by atoms with Gasteiger partial charge in [0.15, 0.2) is 4.33 Å². The summed E-state index contributed by atoms with van der Waals surface area (Å²) < 4.78 is -1.36. The number of allylic oxidation sites excluding steroid dienone is 2. The van der Waals surface area contributed by atoms with Crippen LogP contribution in [0, 0.1) is 23.7 Å². The van der Waals surface area contributed by atoms with Crippen molar-refractivity contribution in [3.05, 3.63) is 10.1 Å². The van der Waals surface area contributed by atoms with E-state index in [4.69, 9.17) is 69.6 Å². The van der Waals surface area contributed by atoms with Gasteiger partial charge in [-0.05, 0) is 36.5 Å². The lowest BCUT2D eigenvalue weighted by atomic mass is 9.72. The van der Waals surface area contributed by atoms with Crippen molar-refractivity contribution in [3.8, 4) is 0 Å². The van der Waals surface area contributed by atoms with Gasteiger partial charge in [-0.2, -0.15) is 0 Å². The Balaban J connectivity index is 1.99. The number of rotatable bonds is 0. The maximum Gasteiger partial charge on any atom is 0.166 e. The van der Waals surface area contributed by atoms with Gasteiger partial charge in [0.05, 0.1) is 10.1 Å². The maximum atomic E-state index is 6.84. The van der Waals surface area contributed by atoms with E-state index in [0.717, 1.165) is 12.8 Å². The number of fused-ring (bicyclic) bond motifs is 9. The average Bonchev–Trinajstić information content (AvgIpc) is 2.95. The van der Waals surface area contributed by atoms with E-state index in [1.807, 2.05) is 0 Å². The molecule has 0 aromatic carbocycles. The monoisotopic (exact) mass is 442 g/mol. The van der Waals surface area contributed by atoms with Gasteiger partial charge in [-0.25, -0.2) is 0 Å². The van der Waals surface area contributed by atoms with Crippen molar-refractivity contribution in [3.63, 3.8) is 0 Å². The Morgan fingerprint density at radius 1 is 0.895 bits per heavy atom. The average molecular weight is 446 g/mol. The molecule has 4 bridgehead atoms. The molecule has 0 aromatic rings. The van der Waals surface area contributed by atoms with Crippen LogP contribution in [0.25, 0.3) is 0 Å². The second-order valence-corrected chi connectivity index (χ2v) is 10.5. The van der Waals surface area contributed by atoms with Crippen LogP contribution in [-0.2, 0) is 0 Å². The Morgan fingerprint density at radius 3 is 2.00 bits per heavy atom. The third-order valence-electron chi connectivity index (χ3n) is 5.59. The molecule has 0 aliphatic heterocycles. The summed E-state index contributed by atoms with van der Waals surface area (Å²) in [4.78, 5) is -1.68. The molecule has 0 heterocycles. The van der Waals surface area contributed by atoms with Crippen LogP contribution in [-0.4, -0.2) is 18.9 Å². The summed E-state index contributed by atoms with van der Waals surface area (Å²) in [5.74, 6) is 1.05. The molecule has 0 amide bonds. The first-order chi connectivity index (χ1) is 8.69. The van der Waals surface area contributed by atoms with Crippen molar-refractivity contribution < 1.29 is 0 Å². The Morgan fingerprint density at radius 2 is 1.42 bits per heavy atom. The van der Waals surface area contributed by atoms with Gasteiger partial charge in [-0.3, -0.25) is 0 Å². The molecule has 0 spiro atoms. The molecule has 4 rings (SSSR count). The van der Waals surface area contributed by atoms with Crippen LogP contribution >= 0.6 is 85.5 Å². The molecule has 4 aliphatic rings. The van der Waals surface area contributed by atoms with Crippen LogP contribution in [0.4, 0.5) is 0 Å². The first-order valence-corrected chi connectivity index (χ1v) is 9.33. The van der Waals surface area contributed by atoms with Gasteiger partial charge in [-0.15, -0.1) is 23.2 Å². The number of hydrogen-bond acceptors (Lipinski definition) is 0. The number of halogens is 7. The minimum atomic E-state index is -1.36. The number of hydrogen-bond donors (Lipinski definition) is 0. The van der Waals surface area contributed by atoms with E-state index in [2.05, 4.69) is 15.9 Å². The lowest BCUT2D eigenvalue weighted by Crippen LogP contribution is -2.46. The van der Waals surface area contributed by atoms with Gasteiger partial charge in [0.2, 0.25) is 0 Å².